The fraction of sp³-hybridized carbons (Fsp3) is 0.231. The third-order valence-corrected chi connectivity index (χ3v) is 2.71. The lowest BCUT2D eigenvalue weighted by molar-refractivity contribution is -0.137. The summed E-state index contributed by atoms with van der Waals surface area (Å²) >= 11 is 5.81. The molecule has 0 spiro atoms. The van der Waals surface area contributed by atoms with E-state index in [0.717, 1.165) is 6.07 Å². The Balaban J connectivity index is 2.57. The van der Waals surface area contributed by atoms with E-state index in [1.807, 2.05) is 0 Å². The highest BCUT2D eigenvalue weighted by Gasteiger charge is 2.34. The monoisotopic (exact) mass is 302 g/mol. The molecule has 2 aromatic rings. The molecule has 1 aromatic carbocycles. The van der Waals surface area contributed by atoms with E-state index in [-0.39, 0.29) is 23.1 Å². The molecule has 3 nitrogen and oxygen atoms in total. The van der Waals surface area contributed by atoms with Gasteiger partial charge in [0.15, 0.2) is 5.82 Å². The lowest BCUT2D eigenvalue weighted by Gasteiger charge is -2.12. The van der Waals surface area contributed by atoms with E-state index < -0.39 is 11.7 Å². The van der Waals surface area contributed by atoms with Gasteiger partial charge in [0.2, 0.25) is 0 Å². The van der Waals surface area contributed by atoms with Crippen LogP contribution in [0.25, 0.3) is 11.4 Å². The van der Waals surface area contributed by atoms with Crippen LogP contribution in [0.2, 0.25) is 5.15 Å². The second-order valence-electron chi connectivity index (χ2n) is 3.98. The first-order chi connectivity index (χ1) is 9.41. The van der Waals surface area contributed by atoms with E-state index in [1.165, 1.54) is 31.4 Å². The van der Waals surface area contributed by atoms with Crippen molar-refractivity contribution in [3.05, 3.63) is 46.7 Å². The largest absolute Gasteiger partial charge is 0.417 e. The number of methoxy groups -OCH3 is 1. The first-order valence-corrected chi connectivity index (χ1v) is 5.98. The van der Waals surface area contributed by atoms with Gasteiger partial charge in [0.05, 0.1) is 17.9 Å². The molecule has 0 aliphatic carbocycles. The Hall–Kier alpha value is -1.66. The third kappa shape index (κ3) is 3.26. The Kier molecular flexibility index (Phi) is 4.25. The van der Waals surface area contributed by atoms with Crippen LogP contribution in [0.3, 0.4) is 0 Å². The summed E-state index contributed by atoms with van der Waals surface area (Å²) in [6.07, 6.45) is -4.48. The van der Waals surface area contributed by atoms with Crippen molar-refractivity contribution in [2.75, 3.05) is 7.11 Å². The Morgan fingerprint density at radius 2 is 1.90 bits per heavy atom. The SMILES string of the molecule is COCc1cc(Cl)nc(-c2ccccc2C(F)(F)F)n1. The maximum Gasteiger partial charge on any atom is 0.417 e. The molecule has 0 amide bonds. The van der Waals surface area contributed by atoms with Crippen LogP contribution in [0.15, 0.2) is 30.3 Å². The van der Waals surface area contributed by atoms with E-state index in [0.29, 0.717) is 5.69 Å². The normalized spacial score (nSPS) is 11.7. The van der Waals surface area contributed by atoms with Crippen LogP contribution in [0, 0.1) is 0 Å². The highest BCUT2D eigenvalue weighted by atomic mass is 35.5. The van der Waals surface area contributed by atoms with Gasteiger partial charge in [-0.1, -0.05) is 29.8 Å². The average Bonchev–Trinajstić information content (AvgIpc) is 2.37. The Bertz CT molecular complexity index is 617. The molecule has 0 fully saturated rings. The van der Waals surface area contributed by atoms with Crippen LogP contribution in [0.4, 0.5) is 13.2 Å². The van der Waals surface area contributed by atoms with E-state index >= 15 is 0 Å². The van der Waals surface area contributed by atoms with Gasteiger partial charge in [-0.05, 0) is 12.1 Å². The van der Waals surface area contributed by atoms with Crippen molar-refractivity contribution in [2.45, 2.75) is 12.8 Å². The van der Waals surface area contributed by atoms with Crippen molar-refractivity contribution in [1.29, 1.82) is 0 Å². The van der Waals surface area contributed by atoms with Gasteiger partial charge in [-0.25, -0.2) is 9.97 Å². The molecule has 0 aliphatic heterocycles. The summed E-state index contributed by atoms with van der Waals surface area (Å²) in [5.74, 6) is -0.0718. The minimum Gasteiger partial charge on any atom is -0.378 e. The molecule has 0 saturated carbocycles. The van der Waals surface area contributed by atoms with Crippen molar-refractivity contribution < 1.29 is 17.9 Å². The van der Waals surface area contributed by atoms with Gasteiger partial charge in [0.25, 0.3) is 0 Å². The lowest BCUT2D eigenvalue weighted by atomic mass is 10.1. The topological polar surface area (TPSA) is 35.0 Å². The van der Waals surface area contributed by atoms with Crippen LogP contribution >= 0.6 is 11.6 Å². The van der Waals surface area contributed by atoms with Gasteiger partial charge < -0.3 is 4.74 Å². The molecule has 0 N–H and O–H groups in total. The molecule has 1 heterocycles. The van der Waals surface area contributed by atoms with Gasteiger partial charge in [-0.15, -0.1) is 0 Å². The molecule has 20 heavy (non-hydrogen) atoms. The van der Waals surface area contributed by atoms with Gasteiger partial charge in [-0.2, -0.15) is 13.2 Å². The Labute approximate surface area is 118 Å². The fourth-order valence-electron chi connectivity index (χ4n) is 1.73. The molecule has 0 aliphatic rings. The zero-order chi connectivity index (χ0) is 14.8. The van der Waals surface area contributed by atoms with Crippen molar-refractivity contribution in [2.24, 2.45) is 0 Å². The predicted octanol–water partition coefficient (Wildman–Crippen LogP) is 3.96. The molecule has 0 unspecified atom stereocenters. The maximum absolute atomic E-state index is 13.0. The number of ether oxygens (including phenoxy) is 1. The third-order valence-electron chi connectivity index (χ3n) is 2.51. The zero-order valence-corrected chi connectivity index (χ0v) is 11.2. The highest BCUT2D eigenvalue weighted by Crippen LogP contribution is 2.36. The second-order valence-corrected chi connectivity index (χ2v) is 4.37. The second kappa shape index (κ2) is 5.76. The Morgan fingerprint density at radius 3 is 2.55 bits per heavy atom. The number of benzene rings is 1. The smallest absolute Gasteiger partial charge is 0.378 e. The summed E-state index contributed by atoms with van der Waals surface area (Å²) in [7, 11) is 1.46. The number of nitrogens with zero attached hydrogens (tertiary/aromatic N) is 2. The summed E-state index contributed by atoms with van der Waals surface area (Å²) in [6.45, 7) is 0.142. The summed E-state index contributed by atoms with van der Waals surface area (Å²) in [4.78, 5) is 7.91. The molecule has 1 aromatic heterocycles. The van der Waals surface area contributed by atoms with Crippen molar-refractivity contribution in [1.82, 2.24) is 9.97 Å². The van der Waals surface area contributed by atoms with Crippen LogP contribution in [-0.2, 0) is 17.5 Å². The zero-order valence-electron chi connectivity index (χ0n) is 10.4. The predicted molar refractivity (Wildman–Crippen MR) is 68.2 cm³/mol. The first kappa shape index (κ1) is 14.7. The van der Waals surface area contributed by atoms with Gasteiger partial charge >= 0.3 is 6.18 Å². The summed E-state index contributed by atoms with van der Waals surface area (Å²) in [6, 6.07) is 6.54. The van der Waals surface area contributed by atoms with Crippen LogP contribution in [0.5, 0.6) is 0 Å². The lowest BCUT2D eigenvalue weighted by Crippen LogP contribution is -2.08. The van der Waals surface area contributed by atoms with E-state index in [1.54, 1.807) is 0 Å². The van der Waals surface area contributed by atoms with Crippen LogP contribution in [0.1, 0.15) is 11.3 Å². The minimum absolute atomic E-state index is 0.0685. The quantitative estimate of drug-likeness (QED) is 0.805. The van der Waals surface area contributed by atoms with Gasteiger partial charge in [0.1, 0.15) is 5.15 Å². The molecule has 2 rings (SSSR count). The Morgan fingerprint density at radius 1 is 1.20 bits per heavy atom. The molecule has 0 bridgehead atoms. The number of rotatable bonds is 3. The molecule has 7 heteroatoms. The van der Waals surface area contributed by atoms with Crippen LogP contribution in [-0.4, -0.2) is 17.1 Å². The van der Waals surface area contributed by atoms with E-state index in [4.69, 9.17) is 16.3 Å². The molecular weight excluding hydrogens is 293 g/mol. The summed E-state index contributed by atoms with van der Waals surface area (Å²) in [5, 5.41) is 0.0685. The van der Waals surface area contributed by atoms with Crippen LogP contribution < -0.4 is 0 Å². The van der Waals surface area contributed by atoms with Gasteiger partial charge in [0, 0.05) is 12.7 Å². The van der Waals surface area contributed by atoms with Crippen molar-refractivity contribution in [3.63, 3.8) is 0 Å². The standard InChI is InChI=1S/C13H10ClF3N2O/c1-20-7-8-6-11(14)19-12(18-8)9-4-2-3-5-10(9)13(15,16)17/h2-6H,7H2,1H3. The van der Waals surface area contributed by atoms with E-state index in [9.17, 15) is 13.2 Å². The number of halogens is 4. The minimum atomic E-state index is -4.48. The van der Waals surface area contributed by atoms with Crippen molar-refractivity contribution >= 4 is 11.6 Å². The van der Waals surface area contributed by atoms with Crippen molar-refractivity contribution in [3.8, 4) is 11.4 Å². The summed E-state index contributed by atoms with van der Waals surface area (Å²) in [5.41, 5.74) is -0.495. The van der Waals surface area contributed by atoms with Gasteiger partial charge in [-0.3, -0.25) is 0 Å². The number of hydrogen-bond donors (Lipinski definition) is 0. The first-order valence-electron chi connectivity index (χ1n) is 5.61. The van der Waals surface area contributed by atoms with E-state index in [2.05, 4.69) is 9.97 Å². The molecular formula is C13H10ClF3N2O. The molecule has 0 saturated heterocycles. The highest BCUT2D eigenvalue weighted by molar-refractivity contribution is 6.29. The number of alkyl halides is 3. The molecule has 106 valence electrons. The summed E-state index contributed by atoms with van der Waals surface area (Å²) < 4.78 is 43.8. The molecule has 0 radical (unpaired) electrons. The molecule has 0 atom stereocenters. The maximum atomic E-state index is 13.0. The number of hydrogen-bond acceptors (Lipinski definition) is 3. The average molecular weight is 303 g/mol. The number of aromatic nitrogens is 2. The fourth-order valence-corrected chi connectivity index (χ4v) is 1.94.